The minimum atomic E-state index is -0.571. The van der Waals surface area contributed by atoms with Gasteiger partial charge in [-0.3, -0.25) is 10.3 Å². The molecule has 2 aromatic rings. The van der Waals surface area contributed by atoms with Crippen molar-refractivity contribution in [2.24, 2.45) is 0 Å². The molecule has 0 unspecified atom stereocenters. The third-order valence-electron chi connectivity index (χ3n) is 2.36. The van der Waals surface area contributed by atoms with Gasteiger partial charge >= 0.3 is 6.09 Å². The van der Waals surface area contributed by atoms with Crippen molar-refractivity contribution in [3.8, 4) is 10.6 Å². The average Bonchev–Trinajstić information content (AvgIpc) is 2.68. The molecule has 0 aromatic carbocycles. The lowest BCUT2D eigenvalue weighted by Crippen LogP contribution is -2.27. The van der Waals surface area contributed by atoms with Gasteiger partial charge in [-0.05, 0) is 33.8 Å². The molecule has 0 bridgehead atoms. The largest absolute Gasteiger partial charge is 0.444 e. The van der Waals surface area contributed by atoms with E-state index in [1.807, 2.05) is 0 Å². The van der Waals surface area contributed by atoms with Gasteiger partial charge in [0.2, 0.25) is 0 Å². The Hall–Kier alpha value is -2.02. The Kier molecular flexibility index (Phi) is 4.22. The van der Waals surface area contributed by atoms with E-state index in [9.17, 15) is 9.18 Å². The van der Waals surface area contributed by atoms with Crippen LogP contribution in [0.4, 0.5) is 14.2 Å². The van der Waals surface area contributed by atoms with Gasteiger partial charge < -0.3 is 4.74 Å². The topological polar surface area (TPSA) is 64.1 Å². The normalized spacial score (nSPS) is 11.3. The summed E-state index contributed by atoms with van der Waals surface area (Å²) in [6.07, 6.45) is 2.11. The summed E-state index contributed by atoms with van der Waals surface area (Å²) in [6, 6.07) is 1.35. The first-order valence-corrected chi connectivity index (χ1v) is 7.14. The minimum Gasteiger partial charge on any atom is -0.444 e. The summed E-state index contributed by atoms with van der Waals surface area (Å²) in [4.78, 5) is 19.9. The zero-order valence-electron chi connectivity index (χ0n) is 12.2. The molecule has 0 spiro atoms. The Morgan fingerprint density at radius 2 is 2.10 bits per heavy atom. The number of rotatable bonds is 2. The fourth-order valence-electron chi connectivity index (χ4n) is 1.56. The van der Waals surface area contributed by atoms with E-state index in [2.05, 4.69) is 15.3 Å². The van der Waals surface area contributed by atoms with Gasteiger partial charge in [0.15, 0.2) is 0 Å². The second kappa shape index (κ2) is 5.77. The number of thiazole rings is 1. The Morgan fingerprint density at radius 1 is 1.38 bits per heavy atom. The number of halogens is 1. The molecule has 0 aliphatic heterocycles. The molecule has 21 heavy (non-hydrogen) atoms. The van der Waals surface area contributed by atoms with Crippen LogP contribution in [0.1, 0.15) is 26.5 Å². The van der Waals surface area contributed by atoms with Crippen LogP contribution in [0.25, 0.3) is 10.6 Å². The number of pyridine rings is 1. The molecule has 2 heterocycles. The maximum atomic E-state index is 13.2. The summed E-state index contributed by atoms with van der Waals surface area (Å²) in [5, 5.41) is 3.81. The van der Waals surface area contributed by atoms with Crippen molar-refractivity contribution in [3.63, 3.8) is 0 Å². The van der Waals surface area contributed by atoms with Crippen molar-refractivity contribution in [3.05, 3.63) is 30.0 Å². The highest BCUT2D eigenvalue weighted by Crippen LogP contribution is 2.31. The van der Waals surface area contributed by atoms with E-state index >= 15 is 0 Å². The van der Waals surface area contributed by atoms with Crippen molar-refractivity contribution >= 4 is 22.4 Å². The Morgan fingerprint density at radius 3 is 2.71 bits per heavy atom. The number of nitrogens with one attached hydrogen (secondary N) is 1. The van der Waals surface area contributed by atoms with E-state index in [1.165, 1.54) is 23.6 Å². The Labute approximate surface area is 126 Å². The summed E-state index contributed by atoms with van der Waals surface area (Å²) >= 11 is 1.25. The Bertz CT molecular complexity index is 664. The number of anilines is 1. The number of amides is 1. The van der Waals surface area contributed by atoms with E-state index in [0.29, 0.717) is 21.3 Å². The quantitative estimate of drug-likeness (QED) is 0.910. The molecule has 2 rings (SSSR count). The third kappa shape index (κ3) is 4.22. The smallest absolute Gasteiger partial charge is 0.412 e. The van der Waals surface area contributed by atoms with Gasteiger partial charge in [0.05, 0.1) is 11.9 Å². The predicted octanol–water partition coefficient (Wildman–Crippen LogP) is 4.00. The second-order valence-electron chi connectivity index (χ2n) is 5.45. The third-order valence-corrected chi connectivity index (χ3v) is 3.48. The number of ether oxygens (including phenoxy) is 1. The van der Waals surface area contributed by atoms with Gasteiger partial charge in [-0.2, -0.15) is 0 Å². The standard InChI is InChI=1S/C14H16FN3O2S/c1-8-11(18-13(19)20-14(2,3)4)21-12(17-8)9-5-10(15)7-16-6-9/h5-7H,1-4H3,(H,18,19). The number of hydrogen-bond acceptors (Lipinski definition) is 5. The van der Waals surface area contributed by atoms with Crippen LogP contribution in [-0.4, -0.2) is 21.7 Å². The first-order chi connectivity index (χ1) is 9.74. The van der Waals surface area contributed by atoms with Gasteiger partial charge in [-0.25, -0.2) is 14.2 Å². The van der Waals surface area contributed by atoms with Gasteiger partial charge in [0, 0.05) is 11.8 Å². The summed E-state index contributed by atoms with van der Waals surface area (Å²) in [5.41, 5.74) is 0.642. The number of carbonyl (C=O) groups excluding carboxylic acids is 1. The van der Waals surface area contributed by atoms with Crippen LogP contribution in [0.3, 0.4) is 0 Å². The summed E-state index contributed by atoms with van der Waals surface area (Å²) in [6.45, 7) is 7.13. The molecule has 1 N–H and O–H groups in total. The number of carbonyl (C=O) groups is 1. The molecule has 0 aliphatic carbocycles. The van der Waals surface area contributed by atoms with Crippen molar-refractivity contribution in [2.75, 3.05) is 5.32 Å². The average molecular weight is 309 g/mol. The van der Waals surface area contributed by atoms with Gasteiger partial charge in [0.1, 0.15) is 21.4 Å². The maximum Gasteiger partial charge on any atom is 0.412 e. The molecular formula is C14H16FN3O2S. The lowest BCUT2D eigenvalue weighted by Gasteiger charge is -2.19. The molecule has 7 heteroatoms. The summed E-state index contributed by atoms with van der Waals surface area (Å²) in [5.74, 6) is -0.429. The number of aromatic nitrogens is 2. The lowest BCUT2D eigenvalue weighted by molar-refractivity contribution is 0.0636. The molecule has 112 valence electrons. The molecule has 0 radical (unpaired) electrons. The van der Waals surface area contributed by atoms with Crippen LogP contribution < -0.4 is 5.32 Å². The second-order valence-corrected chi connectivity index (χ2v) is 6.45. The van der Waals surface area contributed by atoms with Crippen LogP contribution in [0.15, 0.2) is 18.5 Å². The first kappa shape index (κ1) is 15.4. The molecule has 1 amide bonds. The highest BCUT2D eigenvalue weighted by molar-refractivity contribution is 7.19. The Balaban J connectivity index is 2.18. The first-order valence-electron chi connectivity index (χ1n) is 6.33. The molecule has 2 aromatic heterocycles. The van der Waals surface area contributed by atoms with Crippen LogP contribution >= 0.6 is 11.3 Å². The van der Waals surface area contributed by atoms with Gasteiger partial charge in [0.25, 0.3) is 0 Å². The molecule has 0 saturated heterocycles. The maximum absolute atomic E-state index is 13.2. The summed E-state index contributed by atoms with van der Waals surface area (Å²) < 4.78 is 18.4. The highest BCUT2D eigenvalue weighted by Gasteiger charge is 2.18. The predicted molar refractivity (Wildman–Crippen MR) is 79.9 cm³/mol. The molecule has 0 fully saturated rings. The van der Waals surface area contributed by atoms with Gasteiger partial charge in [-0.1, -0.05) is 11.3 Å². The monoisotopic (exact) mass is 309 g/mol. The van der Waals surface area contributed by atoms with Crippen LogP contribution in [0.5, 0.6) is 0 Å². The molecular weight excluding hydrogens is 293 g/mol. The molecule has 0 atom stereocenters. The zero-order chi connectivity index (χ0) is 15.6. The van der Waals surface area contributed by atoms with E-state index < -0.39 is 17.5 Å². The van der Waals surface area contributed by atoms with Crippen LogP contribution in [0.2, 0.25) is 0 Å². The molecule has 0 saturated carbocycles. The number of aryl methyl sites for hydroxylation is 1. The van der Waals surface area contributed by atoms with Crippen molar-refractivity contribution in [1.29, 1.82) is 0 Å². The molecule has 5 nitrogen and oxygen atoms in total. The minimum absolute atomic E-state index is 0.429. The zero-order valence-corrected chi connectivity index (χ0v) is 13.0. The lowest BCUT2D eigenvalue weighted by atomic mass is 10.2. The van der Waals surface area contributed by atoms with Crippen molar-refractivity contribution < 1.29 is 13.9 Å². The number of hydrogen-bond donors (Lipinski definition) is 1. The van der Waals surface area contributed by atoms with E-state index in [1.54, 1.807) is 27.7 Å². The van der Waals surface area contributed by atoms with Gasteiger partial charge in [-0.15, -0.1) is 0 Å². The van der Waals surface area contributed by atoms with Crippen LogP contribution in [-0.2, 0) is 4.74 Å². The fourth-order valence-corrected chi connectivity index (χ4v) is 2.49. The summed E-state index contributed by atoms with van der Waals surface area (Å²) in [7, 11) is 0. The van der Waals surface area contributed by atoms with E-state index in [0.717, 1.165) is 6.20 Å². The van der Waals surface area contributed by atoms with Crippen LogP contribution in [0, 0.1) is 12.7 Å². The highest BCUT2D eigenvalue weighted by atomic mass is 32.1. The van der Waals surface area contributed by atoms with E-state index in [4.69, 9.17) is 4.74 Å². The van der Waals surface area contributed by atoms with E-state index in [-0.39, 0.29) is 0 Å². The SMILES string of the molecule is Cc1nc(-c2cncc(F)c2)sc1NC(=O)OC(C)(C)C. The number of nitrogens with zero attached hydrogens (tertiary/aromatic N) is 2. The molecule has 0 aliphatic rings. The van der Waals surface area contributed by atoms with Crippen molar-refractivity contribution in [2.45, 2.75) is 33.3 Å². The fraction of sp³-hybridized carbons (Fsp3) is 0.357. The van der Waals surface area contributed by atoms with Crippen molar-refractivity contribution in [1.82, 2.24) is 9.97 Å².